The third-order valence-corrected chi connectivity index (χ3v) is 9.90. The second-order valence-corrected chi connectivity index (χ2v) is 15.3. The van der Waals surface area contributed by atoms with Gasteiger partial charge in [-0.05, 0) is 82.1 Å². The Labute approximate surface area is 294 Å². The summed E-state index contributed by atoms with van der Waals surface area (Å²) in [5.41, 5.74) is 7.93. The third-order valence-electron chi connectivity index (χ3n) is 8.78. The number of hydrogen-bond donors (Lipinski definition) is 0. The van der Waals surface area contributed by atoms with Gasteiger partial charge in [-0.3, -0.25) is 19.6 Å². The van der Waals surface area contributed by atoms with Crippen molar-refractivity contribution < 1.29 is 19.1 Å². The zero-order chi connectivity index (χ0) is 35.2. The van der Waals surface area contributed by atoms with E-state index in [1.165, 1.54) is 39.1 Å². The van der Waals surface area contributed by atoms with Crippen LogP contribution in [0.25, 0.3) is 60.0 Å². The largest absolute Gasteiger partial charge is 0.429 e. The lowest BCUT2D eigenvalue weighted by Crippen LogP contribution is -2.10. The summed E-state index contributed by atoms with van der Waals surface area (Å²) in [5.74, 6) is 0.598. The number of thiophene rings is 1. The fraction of sp³-hybridized carbons (Fsp3) is 0.195. The summed E-state index contributed by atoms with van der Waals surface area (Å²) in [7, 11) is 0. The number of ether oxygens (including phenoxy) is 2. The second-order valence-electron chi connectivity index (χ2n) is 14.2. The van der Waals surface area contributed by atoms with Crippen LogP contribution in [0.5, 0.6) is 11.5 Å². The molecule has 2 aromatic carbocycles. The van der Waals surface area contributed by atoms with Crippen molar-refractivity contribution in [2.45, 2.75) is 52.4 Å². The first kappa shape index (κ1) is 32.9. The number of benzene rings is 2. The van der Waals surface area contributed by atoms with E-state index in [-0.39, 0.29) is 16.6 Å². The minimum Gasteiger partial charge on any atom is -0.429 e. The zero-order valence-corrected chi connectivity index (χ0v) is 29.5. The predicted molar refractivity (Wildman–Crippen MR) is 199 cm³/mol. The normalized spacial score (nSPS) is 12.0. The van der Waals surface area contributed by atoms with Crippen molar-refractivity contribution in [3.05, 3.63) is 108 Å². The van der Waals surface area contributed by atoms with Gasteiger partial charge in [-0.2, -0.15) is 0 Å². The number of pyridine rings is 3. The highest BCUT2D eigenvalue weighted by molar-refractivity contribution is 7.18. The summed E-state index contributed by atoms with van der Waals surface area (Å²) in [6.45, 7) is 14.2. The Morgan fingerprint density at radius 1 is 0.600 bits per heavy atom. The van der Waals surface area contributed by atoms with E-state index < -0.39 is 0 Å². The molecule has 50 heavy (non-hydrogen) atoms. The van der Waals surface area contributed by atoms with Crippen LogP contribution in [0.2, 0.25) is 0 Å². The molecule has 0 N–H and O–H groups in total. The van der Waals surface area contributed by atoms with E-state index in [2.05, 4.69) is 105 Å². The molecule has 8 nitrogen and oxygen atoms in total. The number of carbonyl (C=O) groups is 2. The summed E-state index contributed by atoms with van der Waals surface area (Å²) in [4.78, 5) is 37.0. The van der Waals surface area contributed by atoms with E-state index in [0.29, 0.717) is 41.5 Å². The highest BCUT2D eigenvalue weighted by Gasteiger charge is 2.22. The Hall–Kier alpha value is -5.67. The summed E-state index contributed by atoms with van der Waals surface area (Å²) in [6, 6.07) is 28.4. The lowest BCUT2D eigenvalue weighted by Gasteiger charge is -2.19. The quantitative estimate of drug-likeness (QED) is 0.148. The van der Waals surface area contributed by atoms with Crippen LogP contribution >= 0.6 is 11.3 Å². The molecule has 0 aliphatic carbocycles. The maximum absolute atomic E-state index is 11.3. The first-order chi connectivity index (χ1) is 23.9. The zero-order valence-electron chi connectivity index (χ0n) is 28.7. The van der Waals surface area contributed by atoms with Crippen molar-refractivity contribution >= 4 is 46.1 Å². The lowest BCUT2D eigenvalue weighted by molar-refractivity contribution is -0.121. The van der Waals surface area contributed by atoms with Gasteiger partial charge in [-0.25, -0.2) is 4.98 Å². The van der Waals surface area contributed by atoms with Crippen LogP contribution in [0.3, 0.4) is 0 Å². The van der Waals surface area contributed by atoms with Crippen LogP contribution in [0.1, 0.15) is 52.7 Å². The van der Waals surface area contributed by atoms with E-state index in [0.717, 1.165) is 15.4 Å². The Morgan fingerprint density at radius 3 is 1.72 bits per heavy atom. The molecule has 0 saturated carbocycles. The van der Waals surface area contributed by atoms with E-state index in [1.54, 1.807) is 41.8 Å². The molecule has 0 fully saturated rings. The Balaban J connectivity index is 1.31. The average Bonchev–Trinajstić information content (AvgIpc) is 3.70. The Morgan fingerprint density at radius 2 is 1.14 bits per heavy atom. The van der Waals surface area contributed by atoms with E-state index in [4.69, 9.17) is 14.5 Å². The molecule has 0 amide bonds. The van der Waals surface area contributed by atoms with Crippen LogP contribution < -0.4 is 9.47 Å². The van der Waals surface area contributed by atoms with Crippen molar-refractivity contribution in [2.75, 3.05) is 0 Å². The van der Waals surface area contributed by atoms with Gasteiger partial charge in [0.05, 0.1) is 33.8 Å². The van der Waals surface area contributed by atoms with E-state index in [1.807, 2.05) is 12.1 Å². The maximum atomic E-state index is 11.3. The molecule has 7 rings (SSSR count). The molecule has 9 heteroatoms. The summed E-state index contributed by atoms with van der Waals surface area (Å²) in [6.07, 6.45) is 3.26. The van der Waals surface area contributed by atoms with Gasteiger partial charge in [0, 0.05) is 46.2 Å². The SMILES string of the molecule is CC(C)(C)c1ccc2c(c1)c1cc(C(C)(C)C)ccc1n2-c1ccc(-c2ccnc(-c3cc(OC=O)cc(-c4cc(OC=O)ccn4)n3)c2)s1. The van der Waals surface area contributed by atoms with Crippen LogP contribution in [-0.2, 0) is 20.4 Å². The molecular weight excluding hydrogens is 645 g/mol. The summed E-state index contributed by atoms with van der Waals surface area (Å²) >= 11 is 1.71. The van der Waals surface area contributed by atoms with Crippen molar-refractivity contribution in [1.29, 1.82) is 0 Å². The number of aromatic nitrogens is 4. The summed E-state index contributed by atoms with van der Waals surface area (Å²) in [5, 5.41) is 3.60. The van der Waals surface area contributed by atoms with Crippen LogP contribution in [-0.4, -0.2) is 32.5 Å². The van der Waals surface area contributed by atoms with Crippen LogP contribution in [0, 0.1) is 0 Å². The average molecular weight is 681 g/mol. The van der Waals surface area contributed by atoms with E-state index in [9.17, 15) is 9.59 Å². The molecule has 5 aromatic heterocycles. The fourth-order valence-corrected chi connectivity index (χ4v) is 7.12. The highest BCUT2D eigenvalue weighted by Crippen LogP contribution is 2.41. The number of fused-ring (bicyclic) bond motifs is 3. The maximum Gasteiger partial charge on any atom is 0.298 e. The number of rotatable bonds is 8. The van der Waals surface area contributed by atoms with Gasteiger partial charge in [-0.1, -0.05) is 53.7 Å². The van der Waals surface area contributed by atoms with Gasteiger partial charge >= 0.3 is 0 Å². The van der Waals surface area contributed by atoms with Crippen LogP contribution in [0.4, 0.5) is 0 Å². The smallest absolute Gasteiger partial charge is 0.298 e. The molecule has 0 atom stereocenters. The monoisotopic (exact) mass is 680 g/mol. The number of hydrogen-bond acceptors (Lipinski definition) is 8. The molecule has 0 radical (unpaired) electrons. The Kier molecular flexibility index (Phi) is 8.32. The number of carbonyl (C=O) groups excluding carboxylic acids is 2. The minimum absolute atomic E-state index is 0.0270. The first-order valence-corrected chi connectivity index (χ1v) is 17.1. The predicted octanol–water partition coefficient (Wildman–Crippen LogP) is 9.70. The van der Waals surface area contributed by atoms with Gasteiger partial charge in [0.1, 0.15) is 16.5 Å². The van der Waals surface area contributed by atoms with E-state index >= 15 is 0 Å². The molecule has 0 aliphatic heterocycles. The third kappa shape index (κ3) is 6.28. The van der Waals surface area contributed by atoms with Gasteiger partial charge in [-0.15, -0.1) is 11.3 Å². The van der Waals surface area contributed by atoms with Gasteiger partial charge in [0.25, 0.3) is 12.9 Å². The van der Waals surface area contributed by atoms with Crippen LogP contribution in [0.15, 0.2) is 97.3 Å². The molecule has 0 saturated heterocycles. The first-order valence-electron chi connectivity index (χ1n) is 16.3. The second kappa shape index (κ2) is 12.7. The van der Waals surface area contributed by atoms with Gasteiger partial charge in [0.15, 0.2) is 0 Å². The highest BCUT2D eigenvalue weighted by atomic mass is 32.1. The van der Waals surface area contributed by atoms with Crippen molar-refractivity contribution in [3.8, 4) is 49.7 Å². The molecule has 0 aliphatic rings. The fourth-order valence-electron chi connectivity index (χ4n) is 6.09. The Bertz CT molecular complexity index is 2340. The minimum atomic E-state index is 0.0270. The topological polar surface area (TPSA) is 96.2 Å². The van der Waals surface area contributed by atoms with Gasteiger partial charge in [0.2, 0.25) is 0 Å². The molecular formula is C41H36N4O4S. The summed E-state index contributed by atoms with van der Waals surface area (Å²) < 4.78 is 12.6. The molecule has 7 aromatic rings. The van der Waals surface area contributed by atoms with Gasteiger partial charge < -0.3 is 14.0 Å². The molecule has 5 heterocycles. The standard InChI is InChI=1S/C41H36N4O4S/c1-40(2,3)26-7-9-36-30(18-26)31-19-27(41(4,5)6)8-10-37(31)45(36)39-12-11-38(50-39)25-13-15-42-32(17-25)34-21-29(49-24-47)22-35(44-34)33-20-28(48-23-46)14-16-43-33/h7-24H,1-6H3. The lowest BCUT2D eigenvalue weighted by atomic mass is 9.85. The molecule has 0 bridgehead atoms. The van der Waals surface area contributed by atoms with Crippen molar-refractivity contribution in [2.24, 2.45) is 0 Å². The van der Waals surface area contributed by atoms with Crippen molar-refractivity contribution in [1.82, 2.24) is 19.5 Å². The number of nitrogens with zero attached hydrogens (tertiary/aromatic N) is 4. The van der Waals surface area contributed by atoms with Crippen molar-refractivity contribution in [3.63, 3.8) is 0 Å². The molecule has 0 spiro atoms. The molecule has 0 unspecified atom stereocenters. The molecule has 250 valence electrons.